The van der Waals surface area contributed by atoms with E-state index in [1.165, 1.54) is 48.0 Å². The highest BCUT2D eigenvalue weighted by atomic mass is 32.1. The zero-order valence-electron chi connectivity index (χ0n) is 18.0. The first-order valence-corrected chi connectivity index (χ1v) is 12.1. The maximum absolute atomic E-state index is 4.91. The maximum Gasteiger partial charge on any atom is 0.0880 e. The number of thiophene rings is 1. The van der Waals surface area contributed by atoms with Gasteiger partial charge in [-0.05, 0) is 64.6 Å². The van der Waals surface area contributed by atoms with E-state index in [-0.39, 0.29) is 0 Å². The number of fused-ring (bicyclic) bond motifs is 6. The van der Waals surface area contributed by atoms with Crippen molar-refractivity contribution in [2.45, 2.75) is 12.8 Å². The lowest BCUT2D eigenvalue weighted by molar-refractivity contribution is 0.950. The van der Waals surface area contributed by atoms with E-state index in [1.54, 1.807) is 0 Å². The summed E-state index contributed by atoms with van der Waals surface area (Å²) in [6, 6.07) is 30.3. The van der Waals surface area contributed by atoms with Crippen molar-refractivity contribution < 1.29 is 0 Å². The minimum absolute atomic E-state index is 1.06. The van der Waals surface area contributed by atoms with E-state index in [9.17, 15) is 0 Å². The van der Waals surface area contributed by atoms with Crippen LogP contribution in [0.15, 0.2) is 97.3 Å². The van der Waals surface area contributed by atoms with Crippen LogP contribution in [-0.4, -0.2) is 9.97 Å². The lowest BCUT2D eigenvalue weighted by atomic mass is 9.92. The highest BCUT2D eigenvalue weighted by Gasteiger charge is 2.24. The summed E-state index contributed by atoms with van der Waals surface area (Å²) in [6.07, 6.45) is 5.99. The highest BCUT2D eigenvalue weighted by Crippen LogP contribution is 2.46. The monoisotopic (exact) mass is 440 g/mol. The number of rotatable bonds is 2. The average Bonchev–Trinajstić information content (AvgIpc) is 3.28. The molecule has 3 heterocycles. The fourth-order valence-corrected chi connectivity index (χ4v) is 6.44. The molecule has 156 valence electrons. The lowest BCUT2D eigenvalue weighted by Gasteiger charge is -2.15. The number of nitrogens with zero attached hydrogens (tertiary/aromatic N) is 2. The van der Waals surface area contributed by atoms with Gasteiger partial charge in [0.1, 0.15) is 0 Å². The smallest absolute Gasteiger partial charge is 0.0880 e. The van der Waals surface area contributed by atoms with Crippen LogP contribution in [0.25, 0.3) is 54.5 Å². The van der Waals surface area contributed by atoms with Crippen molar-refractivity contribution in [3.8, 4) is 33.6 Å². The number of aromatic nitrogens is 2. The second-order valence-electron chi connectivity index (χ2n) is 8.56. The van der Waals surface area contributed by atoms with Gasteiger partial charge in [-0.2, -0.15) is 0 Å². The van der Waals surface area contributed by atoms with Gasteiger partial charge in [-0.15, -0.1) is 11.3 Å². The van der Waals surface area contributed by atoms with Gasteiger partial charge in [-0.1, -0.05) is 60.7 Å². The number of pyridine rings is 2. The van der Waals surface area contributed by atoms with Crippen LogP contribution >= 0.6 is 11.3 Å². The SMILES string of the molecule is c1ccc(-c2cc(-c3nccc4c5c(sc34)CCc3cccnc3-5)cc3ccccc23)cc1. The quantitative estimate of drug-likeness (QED) is 0.273. The molecule has 0 saturated carbocycles. The Balaban J connectivity index is 1.51. The number of benzene rings is 3. The fraction of sp³-hybridized carbons (Fsp3) is 0.0667. The predicted molar refractivity (Wildman–Crippen MR) is 139 cm³/mol. The third kappa shape index (κ3) is 2.93. The van der Waals surface area contributed by atoms with E-state index >= 15 is 0 Å². The van der Waals surface area contributed by atoms with Crippen LogP contribution in [-0.2, 0) is 12.8 Å². The molecule has 0 radical (unpaired) electrons. The minimum atomic E-state index is 1.06. The van der Waals surface area contributed by atoms with Gasteiger partial charge < -0.3 is 0 Å². The molecule has 1 aliphatic rings. The van der Waals surface area contributed by atoms with Crippen LogP contribution in [0.4, 0.5) is 0 Å². The Bertz CT molecular complexity index is 1660. The lowest BCUT2D eigenvalue weighted by Crippen LogP contribution is -2.02. The van der Waals surface area contributed by atoms with Gasteiger partial charge >= 0.3 is 0 Å². The number of aryl methyl sites for hydroxylation is 2. The van der Waals surface area contributed by atoms with Gasteiger partial charge in [0.2, 0.25) is 0 Å². The fourth-order valence-electron chi connectivity index (χ4n) is 5.13. The molecule has 3 aromatic carbocycles. The minimum Gasteiger partial charge on any atom is -0.256 e. The van der Waals surface area contributed by atoms with Crippen LogP contribution in [0.3, 0.4) is 0 Å². The van der Waals surface area contributed by atoms with Crippen molar-refractivity contribution in [2.24, 2.45) is 0 Å². The Morgan fingerprint density at radius 3 is 2.42 bits per heavy atom. The van der Waals surface area contributed by atoms with Crippen molar-refractivity contribution in [2.75, 3.05) is 0 Å². The molecule has 7 rings (SSSR count). The van der Waals surface area contributed by atoms with Crippen LogP contribution in [0, 0.1) is 0 Å². The maximum atomic E-state index is 4.91. The molecular formula is C30H20N2S. The van der Waals surface area contributed by atoms with Gasteiger partial charge in [0, 0.05) is 33.8 Å². The zero-order valence-corrected chi connectivity index (χ0v) is 18.8. The summed E-state index contributed by atoms with van der Waals surface area (Å²) >= 11 is 1.89. The van der Waals surface area contributed by atoms with Gasteiger partial charge in [0.15, 0.2) is 0 Å². The van der Waals surface area contributed by atoms with Crippen molar-refractivity contribution in [1.29, 1.82) is 0 Å². The summed E-state index contributed by atoms with van der Waals surface area (Å²) in [5.74, 6) is 0. The first kappa shape index (κ1) is 18.7. The van der Waals surface area contributed by atoms with E-state index in [0.29, 0.717) is 0 Å². The second-order valence-corrected chi connectivity index (χ2v) is 9.66. The van der Waals surface area contributed by atoms with E-state index in [1.807, 2.05) is 29.8 Å². The van der Waals surface area contributed by atoms with Gasteiger partial charge in [0.25, 0.3) is 0 Å². The largest absolute Gasteiger partial charge is 0.256 e. The van der Waals surface area contributed by atoms with Crippen molar-refractivity contribution in [3.63, 3.8) is 0 Å². The molecule has 33 heavy (non-hydrogen) atoms. The van der Waals surface area contributed by atoms with Crippen molar-refractivity contribution in [1.82, 2.24) is 9.97 Å². The van der Waals surface area contributed by atoms with E-state index in [4.69, 9.17) is 9.97 Å². The molecule has 0 unspecified atom stereocenters. The molecule has 3 aromatic heterocycles. The third-order valence-electron chi connectivity index (χ3n) is 6.65. The topological polar surface area (TPSA) is 25.8 Å². The number of hydrogen-bond acceptors (Lipinski definition) is 3. The number of hydrogen-bond donors (Lipinski definition) is 0. The standard InChI is InChI=1S/C30H20N2S/c1-2-7-19(8-3-1)25-18-22(17-21-9-4-5-11-23(21)25)29-30-24(14-16-32-29)27-26(33-30)13-12-20-10-6-15-31-28(20)27/h1-11,14-18H,12-13H2. The molecule has 3 heteroatoms. The molecule has 6 aromatic rings. The van der Waals surface area contributed by atoms with Gasteiger partial charge in [-0.25, -0.2) is 0 Å². The highest BCUT2D eigenvalue weighted by molar-refractivity contribution is 7.20. The first-order valence-electron chi connectivity index (χ1n) is 11.3. The Morgan fingerprint density at radius 1 is 0.636 bits per heavy atom. The Morgan fingerprint density at radius 2 is 1.48 bits per heavy atom. The zero-order chi connectivity index (χ0) is 21.8. The van der Waals surface area contributed by atoms with Gasteiger partial charge in [0.05, 0.1) is 16.1 Å². The molecule has 2 nitrogen and oxygen atoms in total. The van der Waals surface area contributed by atoms with E-state index in [0.717, 1.165) is 29.8 Å². The van der Waals surface area contributed by atoms with Crippen molar-refractivity contribution >= 4 is 32.2 Å². The van der Waals surface area contributed by atoms with Crippen LogP contribution in [0.2, 0.25) is 0 Å². The molecule has 0 saturated heterocycles. The molecule has 0 aliphatic heterocycles. The Labute approximate surface area is 196 Å². The van der Waals surface area contributed by atoms with Gasteiger partial charge in [-0.3, -0.25) is 9.97 Å². The summed E-state index contributed by atoms with van der Waals surface area (Å²) in [5.41, 5.74) is 8.50. The first-order chi connectivity index (χ1) is 16.4. The summed E-state index contributed by atoms with van der Waals surface area (Å²) in [7, 11) is 0. The molecule has 0 bridgehead atoms. The summed E-state index contributed by atoms with van der Waals surface area (Å²) in [4.78, 5) is 11.1. The van der Waals surface area contributed by atoms with E-state index in [2.05, 4.69) is 78.9 Å². The van der Waals surface area contributed by atoms with Crippen LogP contribution in [0.1, 0.15) is 10.4 Å². The summed E-state index contributed by atoms with van der Waals surface area (Å²) < 4.78 is 1.26. The molecule has 0 N–H and O–H groups in total. The Kier molecular flexibility index (Phi) is 4.18. The molecule has 0 amide bonds. The predicted octanol–water partition coefficient (Wildman–Crippen LogP) is 7.94. The average molecular weight is 441 g/mol. The van der Waals surface area contributed by atoms with E-state index < -0.39 is 0 Å². The molecule has 0 spiro atoms. The molecule has 1 aliphatic carbocycles. The van der Waals surface area contributed by atoms with Crippen LogP contribution < -0.4 is 0 Å². The van der Waals surface area contributed by atoms with Crippen LogP contribution in [0.5, 0.6) is 0 Å². The normalized spacial score (nSPS) is 12.6. The molecule has 0 fully saturated rings. The third-order valence-corrected chi connectivity index (χ3v) is 7.92. The molecular weight excluding hydrogens is 420 g/mol. The summed E-state index contributed by atoms with van der Waals surface area (Å²) in [6.45, 7) is 0. The Hall–Kier alpha value is -3.82. The van der Waals surface area contributed by atoms with Crippen molar-refractivity contribution in [3.05, 3.63) is 108 Å². The second kappa shape index (κ2) is 7.36. The molecule has 0 atom stereocenters. The summed E-state index contributed by atoms with van der Waals surface area (Å²) in [5, 5.41) is 3.78.